The van der Waals surface area contributed by atoms with Gasteiger partial charge in [-0.2, -0.15) is 0 Å². The topological polar surface area (TPSA) is 42.2 Å². The maximum absolute atomic E-state index is 4.48. The molecule has 3 saturated heterocycles. The summed E-state index contributed by atoms with van der Waals surface area (Å²) >= 11 is 0. The van der Waals surface area contributed by atoms with Crippen LogP contribution in [0.15, 0.2) is 6.07 Å². The average Bonchev–Trinajstić information content (AvgIpc) is 2.29. The van der Waals surface area contributed by atoms with Crippen molar-refractivity contribution in [2.75, 3.05) is 25.0 Å². The van der Waals surface area contributed by atoms with Gasteiger partial charge in [0.25, 0.3) is 0 Å². The van der Waals surface area contributed by atoms with Crippen LogP contribution in [0.3, 0.4) is 0 Å². The minimum atomic E-state index is 0.577. The smallest absolute Gasteiger partial charge is 0.223 e. The molecule has 4 heterocycles. The number of anilines is 1. The summed E-state index contributed by atoms with van der Waals surface area (Å²) in [6, 6.07) is 2.60. The molecule has 3 aliphatic rings. The Balaban J connectivity index is 1.74. The van der Waals surface area contributed by atoms with Gasteiger partial charge in [-0.25, -0.2) is 9.97 Å². The highest BCUT2D eigenvalue weighted by molar-refractivity contribution is 5.29. The van der Waals surface area contributed by atoms with Crippen LogP contribution in [-0.2, 0) is 0 Å². The minimum absolute atomic E-state index is 0.577. The van der Waals surface area contributed by atoms with Crippen molar-refractivity contribution in [3.8, 4) is 0 Å². The molecule has 1 aromatic rings. The van der Waals surface area contributed by atoms with Crippen molar-refractivity contribution >= 4 is 5.95 Å². The summed E-state index contributed by atoms with van der Waals surface area (Å²) in [4.78, 5) is 10.7. The molecule has 0 radical (unpaired) electrons. The SMILES string of the molecule is Cc1cc(C)nc(N[C@@H]2C[NH+]3CCC2CC3)n1. The lowest BCUT2D eigenvalue weighted by Crippen LogP contribution is -3.16. The Hall–Kier alpha value is -1.16. The highest BCUT2D eigenvalue weighted by Gasteiger charge is 2.37. The third-order valence-corrected chi connectivity index (χ3v) is 4.11. The van der Waals surface area contributed by atoms with E-state index in [0.717, 1.165) is 23.3 Å². The largest absolute Gasteiger partial charge is 0.346 e. The molecule has 4 rings (SSSR count). The van der Waals surface area contributed by atoms with E-state index in [1.165, 1.54) is 32.5 Å². The number of nitrogens with zero attached hydrogens (tertiary/aromatic N) is 2. The van der Waals surface area contributed by atoms with Crippen molar-refractivity contribution in [2.24, 2.45) is 5.92 Å². The quantitative estimate of drug-likeness (QED) is 0.766. The van der Waals surface area contributed by atoms with Crippen molar-refractivity contribution in [3.05, 3.63) is 17.5 Å². The molecule has 0 spiro atoms. The Bertz CT molecular complexity index is 390. The van der Waals surface area contributed by atoms with Gasteiger partial charge in [-0.05, 0) is 25.8 Å². The second-order valence-corrected chi connectivity index (χ2v) is 5.52. The Labute approximate surface area is 102 Å². The summed E-state index contributed by atoms with van der Waals surface area (Å²) in [5, 5.41) is 3.55. The zero-order valence-electron chi connectivity index (χ0n) is 10.7. The third kappa shape index (κ3) is 2.27. The van der Waals surface area contributed by atoms with Crippen molar-refractivity contribution in [3.63, 3.8) is 0 Å². The molecule has 92 valence electrons. The number of rotatable bonds is 2. The fraction of sp³-hybridized carbons (Fsp3) is 0.692. The first-order valence-corrected chi connectivity index (χ1v) is 6.63. The molecule has 2 N–H and O–H groups in total. The number of aryl methyl sites for hydroxylation is 2. The van der Waals surface area contributed by atoms with Crippen LogP contribution in [0.5, 0.6) is 0 Å². The lowest BCUT2D eigenvalue weighted by Gasteiger charge is -2.42. The number of nitrogens with one attached hydrogen (secondary N) is 2. The van der Waals surface area contributed by atoms with Gasteiger partial charge in [-0.3, -0.25) is 0 Å². The van der Waals surface area contributed by atoms with Crippen molar-refractivity contribution in [1.29, 1.82) is 0 Å². The van der Waals surface area contributed by atoms with E-state index in [0.29, 0.717) is 6.04 Å². The van der Waals surface area contributed by atoms with Crippen LogP contribution >= 0.6 is 0 Å². The number of hydrogen-bond acceptors (Lipinski definition) is 3. The normalized spacial score (nSPS) is 31.5. The summed E-state index contributed by atoms with van der Waals surface area (Å²) in [7, 11) is 0. The van der Waals surface area contributed by atoms with Crippen molar-refractivity contribution in [2.45, 2.75) is 32.7 Å². The van der Waals surface area contributed by atoms with Crippen LogP contribution in [0, 0.1) is 19.8 Å². The molecule has 1 aromatic heterocycles. The van der Waals surface area contributed by atoms with E-state index in [2.05, 4.69) is 15.3 Å². The van der Waals surface area contributed by atoms with Gasteiger partial charge in [0, 0.05) is 24.2 Å². The standard InChI is InChI=1S/C13H20N4/c1-9-7-10(2)15-13(14-9)16-12-8-17-5-3-11(12)4-6-17/h7,11-12H,3-6,8H2,1-2H3,(H,14,15,16)/p+1/t12-/m1/s1. The molecule has 1 atom stereocenters. The lowest BCUT2D eigenvalue weighted by atomic mass is 9.84. The van der Waals surface area contributed by atoms with Gasteiger partial charge in [0.15, 0.2) is 0 Å². The molecule has 4 nitrogen and oxygen atoms in total. The highest BCUT2D eigenvalue weighted by Crippen LogP contribution is 2.20. The van der Waals surface area contributed by atoms with Crippen LogP contribution in [0.1, 0.15) is 24.2 Å². The minimum Gasteiger partial charge on any atom is -0.346 e. The summed E-state index contributed by atoms with van der Waals surface area (Å²) in [5.74, 6) is 1.65. The number of hydrogen-bond donors (Lipinski definition) is 2. The summed E-state index contributed by atoms with van der Waals surface area (Å²) in [6.07, 6.45) is 2.72. The first-order chi connectivity index (χ1) is 8.20. The predicted molar refractivity (Wildman–Crippen MR) is 67.2 cm³/mol. The maximum Gasteiger partial charge on any atom is 0.223 e. The van der Waals surface area contributed by atoms with E-state index in [1.807, 2.05) is 19.9 Å². The van der Waals surface area contributed by atoms with Crippen LogP contribution < -0.4 is 10.2 Å². The van der Waals surface area contributed by atoms with E-state index in [9.17, 15) is 0 Å². The van der Waals surface area contributed by atoms with E-state index < -0.39 is 0 Å². The Kier molecular flexibility index (Phi) is 2.74. The monoisotopic (exact) mass is 233 g/mol. The number of fused-ring (bicyclic) bond motifs is 3. The molecule has 2 bridgehead atoms. The second kappa shape index (κ2) is 4.26. The van der Waals surface area contributed by atoms with E-state index >= 15 is 0 Å². The first kappa shape index (κ1) is 11.0. The molecule has 0 amide bonds. The Morgan fingerprint density at radius 1 is 1.18 bits per heavy atom. The molecule has 4 heteroatoms. The van der Waals surface area contributed by atoms with Gasteiger partial charge < -0.3 is 10.2 Å². The van der Waals surface area contributed by atoms with E-state index in [1.54, 1.807) is 4.90 Å². The molecular formula is C13H21N4+. The summed E-state index contributed by atoms with van der Waals surface area (Å²) in [6.45, 7) is 8.01. The van der Waals surface area contributed by atoms with E-state index in [4.69, 9.17) is 0 Å². The molecule has 17 heavy (non-hydrogen) atoms. The Morgan fingerprint density at radius 3 is 2.35 bits per heavy atom. The first-order valence-electron chi connectivity index (χ1n) is 6.63. The lowest BCUT2D eigenvalue weighted by molar-refractivity contribution is -0.916. The Morgan fingerprint density at radius 2 is 1.82 bits per heavy atom. The zero-order valence-corrected chi connectivity index (χ0v) is 10.7. The number of piperidine rings is 3. The average molecular weight is 233 g/mol. The van der Waals surface area contributed by atoms with Crippen LogP contribution in [-0.4, -0.2) is 35.6 Å². The van der Waals surface area contributed by atoms with Gasteiger partial charge in [0.2, 0.25) is 5.95 Å². The molecule has 3 fully saturated rings. The zero-order chi connectivity index (χ0) is 11.8. The summed E-state index contributed by atoms with van der Waals surface area (Å²) < 4.78 is 0. The van der Waals surface area contributed by atoms with Gasteiger partial charge >= 0.3 is 0 Å². The highest BCUT2D eigenvalue weighted by atomic mass is 15.2. The molecular weight excluding hydrogens is 212 g/mol. The predicted octanol–water partition coefficient (Wildman–Crippen LogP) is 0.182. The van der Waals surface area contributed by atoms with Gasteiger partial charge in [0.1, 0.15) is 0 Å². The number of quaternary nitrogens is 1. The fourth-order valence-corrected chi connectivity index (χ4v) is 3.26. The third-order valence-electron chi connectivity index (χ3n) is 4.11. The maximum atomic E-state index is 4.48. The van der Waals surface area contributed by atoms with Crippen LogP contribution in [0.4, 0.5) is 5.95 Å². The van der Waals surface area contributed by atoms with Gasteiger partial charge in [0.05, 0.1) is 25.7 Å². The van der Waals surface area contributed by atoms with Crippen molar-refractivity contribution in [1.82, 2.24) is 9.97 Å². The van der Waals surface area contributed by atoms with Gasteiger partial charge in [-0.1, -0.05) is 0 Å². The van der Waals surface area contributed by atoms with Gasteiger partial charge in [-0.15, -0.1) is 0 Å². The molecule has 0 aliphatic carbocycles. The fourth-order valence-electron chi connectivity index (χ4n) is 3.26. The summed E-state index contributed by atoms with van der Waals surface area (Å²) in [5.41, 5.74) is 2.10. The molecule has 0 aromatic carbocycles. The molecule has 0 unspecified atom stereocenters. The van der Waals surface area contributed by atoms with Crippen LogP contribution in [0.2, 0.25) is 0 Å². The molecule has 0 saturated carbocycles. The number of aromatic nitrogens is 2. The van der Waals surface area contributed by atoms with E-state index in [-0.39, 0.29) is 0 Å². The second-order valence-electron chi connectivity index (χ2n) is 5.52. The van der Waals surface area contributed by atoms with Crippen molar-refractivity contribution < 1.29 is 4.90 Å². The molecule has 3 aliphatic heterocycles. The van der Waals surface area contributed by atoms with Crippen LogP contribution in [0.25, 0.3) is 0 Å².